The average Bonchev–Trinajstić information content (AvgIpc) is 3.03. The van der Waals surface area contributed by atoms with E-state index in [1.165, 1.54) is 0 Å². The molecule has 0 spiro atoms. The van der Waals surface area contributed by atoms with E-state index in [2.05, 4.69) is 20.0 Å². The van der Waals surface area contributed by atoms with Crippen molar-refractivity contribution in [2.45, 2.75) is 44.1 Å². The Kier molecular flexibility index (Phi) is 4.62. The highest BCUT2D eigenvalue weighted by Gasteiger charge is 2.26. The highest BCUT2D eigenvalue weighted by molar-refractivity contribution is 7.98. The summed E-state index contributed by atoms with van der Waals surface area (Å²) in [7, 11) is 0. The summed E-state index contributed by atoms with van der Waals surface area (Å²) >= 11 is 1.88. The first kappa shape index (κ1) is 15.8. The Labute approximate surface area is 145 Å². The van der Waals surface area contributed by atoms with Crippen molar-refractivity contribution >= 4 is 11.8 Å². The van der Waals surface area contributed by atoms with Crippen LogP contribution >= 0.6 is 11.8 Å². The van der Waals surface area contributed by atoms with Gasteiger partial charge in [-0.2, -0.15) is 16.9 Å². The monoisotopic (exact) mass is 343 g/mol. The van der Waals surface area contributed by atoms with Gasteiger partial charge in [0, 0.05) is 37.0 Å². The zero-order valence-corrected chi connectivity index (χ0v) is 14.4. The van der Waals surface area contributed by atoms with Crippen LogP contribution in [0.2, 0.25) is 0 Å². The molecular formula is C17H21N5OS. The van der Waals surface area contributed by atoms with Gasteiger partial charge in [-0.1, -0.05) is 0 Å². The van der Waals surface area contributed by atoms with Crippen LogP contribution in [0.5, 0.6) is 0 Å². The van der Waals surface area contributed by atoms with Crippen molar-refractivity contribution < 1.29 is 0 Å². The minimum Gasteiger partial charge on any atom is -0.293 e. The summed E-state index contributed by atoms with van der Waals surface area (Å²) in [5.41, 5.74) is 3.29. The Bertz CT molecular complexity index is 763. The molecule has 0 aliphatic carbocycles. The summed E-state index contributed by atoms with van der Waals surface area (Å²) in [5, 5.41) is 4.66. The topological polar surface area (TPSA) is 63.9 Å². The third kappa shape index (κ3) is 3.37. The first-order chi connectivity index (χ1) is 11.8. The maximum absolute atomic E-state index is 12.4. The molecule has 7 heteroatoms. The van der Waals surface area contributed by atoms with Crippen LogP contribution in [-0.4, -0.2) is 43.0 Å². The Balaban J connectivity index is 1.51. The third-order valence-electron chi connectivity index (χ3n) is 4.80. The molecule has 2 aliphatic heterocycles. The number of nitrogens with zero attached hydrogens (tertiary/aromatic N) is 5. The van der Waals surface area contributed by atoms with E-state index < -0.39 is 0 Å². The van der Waals surface area contributed by atoms with Crippen LogP contribution in [0.4, 0.5) is 0 Å². The van der Waals surface area contributed by atoms with Gasteiger partial charge in [-0.25, -0.2) is 14.6 Å². The Morgan fingerprint density at radius 3 is 3.21 bits per heavy atom. The summed E-state index contributed by atoms with van der Waals surface area (Å²) in [6.07, 6.45) is 6.60. The van der Waals surface area contributed by atoms with E-state index in [0.717, 1.165) is 60.8 Å². The molecular weight excluding hydrogens is 322 g/mol. The van der Waals surface area contributed by atoms with Crippen molar-refractivity contribution in [2.75, 3.05) is 12.3 Å². The highest BCUT2D eigenvalue weighted by Crippen LogP contribution is 2.23. The number of hydrogen-bond acceptors (Lipinski definition) is 6. The molecule has 1 unspecified atom stereocenters. The molecule has 1 saturated heterocycles. The molecule has 0 amide bonds. The molecule has 0 N–H and O–H groups in total. The van der Waals surface area contributed by atoms with E-state index in [9.17, 15) is 4.79 Å². The Morgan fingerprint density at radius 1 is 1.38 bits per heavy atom. The number of likely N-dealkylation sites (tertiary alicyclic amines) is 1. The second-order valence-electron chi connectivity index (χ2n) is 6.41. The van der Waals surface area contributed by atoms with E-state index in [1.807, 2.05) is 17.8 Å². The molecule has 1 fully saturated rings. The summed E-state index contributed by atoms with van der Waals surface area (Å²) in [6, 6.07) is 4.09. The lowest BCUT2D eigenvalue weighted by Crippen LogP contribution is -2.37. The van der Waals surface area contributed by atoms with Crippen LogP contribution in [0.1, 0.15) is 29.8 Å². The Morgan fingerprint density at radius 2 is 2.33 bits per heavy atom. The molecule has 0 bridgehead atoms. The van der Waals surface area contributed by atoms with E-state index in [-0.39, 0.29) is 5.56 Å². The van der Waals surface area contributed by atoms with Gasteiger partial charge in [0.1, 0.15) is 6.33 Å². The Hall–Kier alpha value is -1.73. The van der Waals surface area contributed by atoms with Crippen molar-refractivity contribution in [1.29, 1.82) is 0 Å². The minimum atomic E-state index is 0.0325. The van der Waals surface area contributed by atoms with Crippen molar-refractivity contribution in [3.63, 3.8) is 0 Å². The minimum absolute atomic E-state index is 0.0325. The first-order valence-corrected chi connectivity index (χ1v) is 9.61. The quantitative estimate of drug-likeness (QED) is 0.838. The van der Waals surface area contributed by atoms with Gasteiger partial charge in [0.25, 0.3) is 5.56 Å². The van der Waals surface area contributed by atoms with Gasteiger partial charge in [-0.05, 0) is 36.8 Å². The second-order valence-corrected chi connectivity index (χ2v) is 7.51. The lowest BCUT2D eigenvalue weighted by molar-refractivity contribution is 0.214. The molecule has 2 aromatic heterocycles. The lowest BCUT2D eigenvalue weighted by Gasteiger charge is -2.25. The van der Waals surface area contributed by atoms with Crippen molar-refractivity contribution in [3.05, 3.63) is 52.0 Å². The number of thioether (sulfide) groups is 1. The van der Waals surface area contributed by atoms with E-state index in [0.29, 0.717) is 12.6 Å². The fourth-order valence-corrected chi connectivity index (χ4v) is 4.46. The molecule has 24 heavy (non-hydrogen) atoms. The average molecular weight is 343 g/mol. The smallest absolute Gasteiger partial charge is 0.267 e. The van der Waals surface area contributed by atoms with Gasteiger partial charge >= 0.3 is 0 Å². The number of rotatable bonds is 4. The zero-order valence-electron chi connectivity index (χ0n) is 13.6. The number of aryl methyl sites for hydroxylation is 1. The van der Waals surface area contributed by atoms with Gasteiger partial charge in [-0.15, -0.1) is 0 Å². The van der Waals surface area contributed by atoms with Crippen LogP contribution in [0, 0.1) is 0 Å². The number of fused-ring (bicyclic) bond motifs is 1. The van der Waals surface area contributed by atoms with Gasteiger partial charge in [0.2, 0.25) is 0 Å². The molecule has 0 aromatic carbocycles. The molecule has 4 rings (SSSR count). The van der Waals surface area contributed by atoms with E-state index in [1.54, 1.807) is 23.3 Å². The number of aromatic nitrogens is 4. The molecule has 4 heterocycles. The van der Waals surface area contributed by atoms with Crippen LogP contribution < -0.4 is 5.56 Å². The van der Waals surface area contributed by atoms with Crippen LogP contribution in [0.3, 0.4) is 0 Å². The van der Waals surface area contributed by atoms with Gasteiger partial charge in [0.05, 0.1) is 17.9 Å². The highest BCUT2D eigenvalue weighted by atomic mass is 32.2. The SMILES string of the molecule is O=c1cc2c(nn1CC1CCCN1Cc1ccncn1)CCSC2. The predicted octanol–water partition coefficient (Wildman–Crippen LogP) is 1.49. The van der Waals surface area contributed by atoms with Gasteiger partial charge in [-0.3, -0.25) is 9.69 Å². The van der Waals surface area contributed by atoms with Gasteiger partial charge in [0.15, 0.2) is 0 Å². The van der Waals surface area contributed by atoms with Crippen molar-refractivity contribution in [3.8, 4) is 0 Å². The second kappa shape index (κ2) is 7.03. The molecule has 1 atom stereocenters. The van der Waals surface area contributed by atoms with E-state index >= 15 is 0 Å². The summed E-state index contributed by atoms with van der Waals surface area (Å²) < 4.78 is 1.68. The fourth-order valence-electron chi connectivity index (χ4n) is 3.51. The molecule has 6 nitrogen and oxygen atoms in total. The van der Waals surface area contributed by atoms with E-state index in [4.69, 9.17) is 0 Å². The first-order valence-electron chi connectivity index (χ1n) is 8.46. The van der Waals surface area contributed by atoms with Gasteiger partial charge < -0.3 is 0 Å². The predicted molar refractivity (Wildman–Crippen MR) is 93.8 cm³/mol. The molecule has 2 aromatic rings. The molecule has 0 radical (unpaired) electrons. The van der Waals surface area contributed by atoms with Crippen LogP contribution in [-0.2, 0) is 25.3 Å². The summed E-state index contributed by atoms with van der Waals surface area (Å²) in [5.74, 6) is 2.02. The fraction of sp³-hybridized carbons (Fsp3) is 0.529. The van der Waals surface area contributed by atoms with Crippen molar-refractivity contribution in [2.24, 2.45) is 0 Å². The summed E-state index contributed by atoms with van der Waals surface area (Å²) in [6.45, 7) is 2.53. The molecule has 126 valence electrons. The molecule has 0 saturated carbocycles. The third-order valence-corrected chi connectivity index (χ3v) is 5.80. The molecule has 2 aliphatic rings. The zero-order chi connectivity index (χ0) is 16.4. The van der Waals surface area contributed by atoms with Crippen LogP contribution in [0.25, 0.3) is 0 Å². The normalized spacial score (nSPS) is 20.9. The maximum atomic E-state index is 12.4. The van der Waals surface area contributed by atoms with Crippen molar-refractivity contribution in [1.82, 2.24) is 24.6 Å². The largest absolute Gasteiger partial charge is 0.293 e. The van der Waals surface area contributed by atoms with Crippen LogP contribution in [0.15, 0.2) is 29.5 Å². The maximum Gasteiger partial charge on any atom is 0.267 e. The lowest BCUT2D eigenvalue weighted by atomic mass is 10.2. The summed E-state index contributed by atoms with van der Waals surface area (Å²) in [4.78, 5) is 23.1. The standard InChI is InChI=1S/C17H21N5OS/c23-17-8-13-11-24-7-4-16(13)20-22(17)10-15-2-1-6-21(15)9-14-3-5-18-12-19-14/h3,5,8,12,15H,1-2,4,6-7,9-11H2. The number of hydrogen-bond donors (Lipinski definition) is 0.